The van der Waals surface area contributed by atoms with Crippen LogP contribution in [0, 0.1) is 0 Å². The number of oxime groups is 1. The van der Waals surface area contributed by atoms with Gasteiger partial charge in [0, 0.05) is 17.3 Å². The summed E-state index contributed by atoms with van der Waals surface area (Å²) in [7, 11) is 0. The number of carbonyl (C=O) groups excluding carboxylic acids is 1. The van der Waals surface area contributed by atoms with Crippen molar-refractivity contribution >= 4 is 33.2 Å². The van der Waals surface area contributed by atoms with E-state index in [0.29, 0.717) is 23.0 Å². The lowest BCUT2D eigenvalue weighted by Crippen LogP contribution is -2.28. The summed E-state index contributed by atoms with van der Waals surface area (Å²) in [5.41, 5.74) is 2.56. The summed E-state index contributed by atoms with van der Waals surface area (Å²) in [6.07, 6.45) is 0.513. The first kappa shape index (κ1) is 15.6. The summed E-state index contributed by atoms with van der Waals surface area (Å²) in [6, 6.07) is 14.6. The fraction of sp³-hybridized carbons (Fsp3) is 0.176. The van der Waals surface area contributed by atoms with E-state index in [4.69, 9.17) is 4.84 Å². The summed E-state index contributed by atoms with van der Waals surface area (Å²) in [5.74, 6) is -0.135. The number of aromatic hydroxyl groups is 1. The number of hydrogen-bond donors (Lipinski definition) is 2. The van der Waals surface area contributed by atoms with Crippen LogP contribution in [0.25, 0.3) is 0 Å². The average Bonchev–Trinajstić information content (AvgIpc) is 3.00. The Morgan fingerprint density at radius 3 is 2.83 bits per heavy atom. The normalized spacial score (nSPS) is 16.6. The van der Waals surface area contributed by atoms with Crippen molar-refractivity contribution in [2.75, 3.05) is 5.32 Å². The highest BCUT2D eigenvalue weighted by Crippen LogP contribution is 2.27. The molecule has 0 spiro atoms. The van der Waals surface area contributed by atoms with Crippen molar-refractivity contribution in [2.24, 2.45) is 5.16 Å². The van der Waals surface area contributed by atoms with E-state index >= 15 is 0 Å². The zero-order chi connectivity index (χ0) is 16.2. The Balaban J connectivity index is 1.58. The molecule has 118 valence electrons. The largest absolute Gasteiger partial charge is 0.508 e. The van der Waals surface area contributed by atoms with E-state index in [2.05, 4.69) is 26.4 Å². The molecule has 1 unspecified atom stereocenters. The van der Waals surface area contributed by atoms with Crippen LogP contribution in [0.4, 0.5) is 5.69 Å². The number of hydrogen-bond acceptors (Lipinski definition) is 4. The predicted octanol–water partition coefficient (Wildman–Crippen LogP) is 3.48. The molecule has 1 aliphatic heterocycles. The molecule has 1 atom stereocenters. The van der Waals surface area contributed by atoms with Crippen LogP contribution in [0.3, 0.4) is 0 Å². The first-order valence-electron chi connectivity index (χ1n) is 7.16. The van der Waals surface area contributed by atoms with Crippen LogP contribution in [0.2, 0.25) is 0 Å². The lowest BCUT2D eigenvalue weighted by molar-refractivity contribution is -0.125. The van der Waals surface area contributed by atoms with E-state index in [9.17, 15) is 9.90 Å². The number of phenols is 1. The molecule has 0 radical (unpaired) electrons. The van der Waals surface area contributed by atoms with Gasteiger partial charge in [0.25, 0.3) is 5.91 Å². The Hall–Kier alpha value is -2.34. The van der Waals surface area contributed by atoms with Gasteiger partial charge in [-0.15, -0.1) is 0 Å². The molecular weight excluding hydrogens is 360 g/mol. The Bertz CT molecular complexity index is 747. The second kappa shape index (κ2) is 6.83. The SMILES string of the molecule is O=C(Nc1ccc(O)cc1Br)C1CC(Cc2ccccc2)=NO1. The summed E-state index contributed by atoms with van der Waals surface area (Å²) in [6.45, 7) is 0. The van der Waals surface area contributed by atoms with E-state index in [1.807, 2.05) is 30.3 Å². The number of amides is 1. The second-order valence-corrected chi connectivity index (χ2v) is 6.13. The van der Waals surface area contributed by atoms with Gasteiger partial charge in [0.1, 0.15) is 5.75 Å². The molecule has 23 heavy (non-hydrogen) atoms. The average molecular weight is 375 g/mol. The van der Waals surface area contributed by atoms with Crippen molar-refractivity contribution in [3.05, 3.63) is 58.6 Å². The van der Waals surface area contributed by atoms with Gasteiger partial charge in [-0.05, 0) is 39.7 Å². The number of benzene rings is 2. The molecule has 1 aliphatic rings. The van der Waals surface area contributed by atoms with Gasteiger partial charge in [0.05, 0.1) is 11.4 Å². The molecule has 0 saturated heterocycles. The van der Waals surface area contributed by atoms with Crippen LogP contribution in [0.1, 0.15) is 12.0 Å². The van der Waals surface area contributed by atoms with Crippen molar-refractivity contribution in [3.8, 4) is 5.75 Å². The maximum Gasteiger partial charge on any atom is 0.268 e. The minimum absolute atomic E-state index is 0.125. The molecule has 0 fully saturated rings. The molecule has 1 heterocycles. The summed E-state index contributed by atoms with van der Waals surface area (Å²) in [5, 5.41) is 16.2. The topological polar surface area (TPSA) is 70.9 Å². The summed E-state index contributed by atoms with van der Waals surface area (Å²) >= 11 is 3.30. The van der Waals surface area contributed by atoms with Crippen LogP contribution >= 0.6 is 15.9 Å². The minimum Gasteiger partial charge on any atom is -0.508 e. The van der Waals surface area contributed by atoms with Gasteiger partial charge in [-0.25, -0.2) is 0 Å². The molecule has 2 aromatic carbocycles. The van der Waals surface area contributed by atoms with Crippen molar-refractivity contribution in [1.82, 2.24) is 0 Å². The monoisotopic (exact) mass is 374 g/mol. The zero-order valence-corrected chi connectivity index (χ0v) is 13.8. The Morgan fingerprint density at radius 1 is 1.30 bits per heavy atom. The van der Waals surface area contributed by atoms with Gasteiger partial charge in [-0.1, -0.05) is 35.5 Å². The van der Waals surface area contributed by atoms with E-state index in [1.165, 1.54) is 12.1 Å². The smallest absolute Gasteiger partial charge is 0.268 e. The molecule has 3 rings (SSSR count). The number of nitrogens with zero attached hydrogens (tertiary/aromatic N) is 1. The van der Waals surface area contributed by atoms with Gasteiger partial charge in [-0.2, -0.15) is 0 Å². The first-order chi connectivity index (χ1) is 11.1. The van der Waals surface area contributed by atoms with Crippen LogP contribution in [0.15, 0.2) is 58.2 Å². The Morgan fingerprint density at radius 2 is 2.09 bits per heavy atom. The molecule has 0 aliphatic carbocycles. The summed E-state index contributed by atoms with van der Waals surface area (Å²) in [4.78, 5) is 17.5. The van der Waals surface area contributed by atoms with Crippen molar-refractivity contribution in [2.45, 2.75) is 18.9 Å². The fourth-order valence-corrected chi connectivity index (χ4v) is 2.79. The third kappa shape index (κ3) is 3.90. The van der Waals surface area contributed by atoms with Gasteiger partial charge in [0.15, 0.2) is 0 Å². The predicted molar refractivity (Wildman–Crippen MR) is 91.5 cm³/mol. The first-order valence-corrected chi connectivity index (χ1v) is 7.96. The number of nitrogens with one attached hydrogen (secondary N) is 1. The van der Waals surface area contributed by atoms with Crippen molar-refractivity contribution in [3.63, 3.8) is 0 Å². The van der Waals surface area contributed by atoms with E-state index in [0.717, 1.165) is 11.3 Å². The second-order valence-electron chi connectivity index (χ2n) is 5.27. The Kier molecular flexibility index (Phi) is 4.62. The van der Waals surface area contributed by atoms with E-state index < -0.39 is 6.10 Å². The van der Waals surface area contributed by atoms with E-state index in [1.54, 1.807) is 6.07 Å². The number of anilines is 1. The molecule has 6 heteroatoms. The molecule has 2 N–H and O–H groups in total. The highest BCUT2D eigenvalue weighted by molar-refractivity contribution is 9.10. The van der Waals surface area contributed by atoms with Gasteiger partial charge in [0.2, 0.25) is 6.10 Å². The maximum absolute atomic E-state index is 12.3. The third-order valence-electron chi connectivity index (χ3n) is 3.48. The lowest BCUT2D eigenvalue weighted by Gasteiger charge is -2.11. The zero-order valence-electron chi connectivity index (χ0n) is 12.2. The fourth-order valence-electron chi connectivity index (χ4n) is 2.32. The molecule has 2 aromatic rings. The highest BCUT2D eigenvalue weighted by Gasteiger charge is 2.28. The molecular formula is C17H15BrN2O3. The van der Waals surface area contributed by atoms with Crippen molar-refractivity contribution in [1.29, 1.82) is 0 Å². The van der Waals surface area contributed by atoms with Gasteiger partial charge < -0.3 is 15.3 Å². The van der Waals surface area contributed by atoms with Crippen molar-refractivity contribution < 1.29 is 14.7 Å². The number of rotatable bonds is 4. The van der Waals surface area contributed by atoms with Gasteiger partial charge in [-0.3, -0.25) is 4.79 Å². The standard InChI is InChI=1S/C17H15BrN2O3/c18-14-10-13(21)6-7-15(14)19-17(22)16-9-12(20-23-16)8-11-4-2-1-3-5-11/h1-7,10,16,21H,8-9H2,(H,19,22). The van der Waals surface area contributed by atoms with E-state index in [-0.39, 0.29) is 11.7 Å². The molecule has 5 nitrogen and oxygen atoms in total. The number of halogens is 1. The van der Waals surface area contributed by atoms with Gasteiger partial charge >= 0.3 is 0 Å². The number of carbonyl (C=O) groups is 1. The number of phenolic OH excluding ortho intramolecular Hbond substituents is 1. The van der Waals surface area contributed by atoms with Crippen LogP contribution in [-0.2, 0) is 16.1 Å². The molecule has 0 bridgehead atoms. The summed E-state index contributed by atoms with van der Waals surface area (Å²) < 4.78 is 0.606. The molecule has 0 aromatic heterocycles. The third-order valence-corrected chi connectivity index (χ3v) is 4.14. The minimum atomic E-state index is -0.630. The van der Waals surface area contributed by atoms with Crippen LogP contribution < -0.4 is 5.32 Å². The van der Waals surface area contributed by atoms with Crippen LogP contribution in [0.5, 0.6) is 5.75 Å². The lowest BCUT2D eigenvalue weighted by atomic mass is 10.0. The van der Waals surface area contributed by atoms with Crippen LogP contribution in [-0.4, -0.2) is 22.8 Å². The highest BCUT2D eigenvalue weighted by atomic mass is 79.9. The maximum atomic E-state index is 12.3. The Labute approximate surface area is 142 Å². The molecule has 0 saturated carbocycles. The quantitative estimate of drug-likeness (QED) is 0.804. The molecule has 1 amide bonds.